The smallest absolute Gasteiger partial charge is 0.100 e. The molecule has 2 heterocycles. The molecule has 0 spiro atoms. The van der Waals surface area contributed by atoms with Gasteiger partial charge in [0.05, 0.1) is 39.1 Å². The summed E-state index contributed by atoms with van der Waals surface area (Å²) in [7, 11) is 0. The van der Waals surface area contributed by atoms with Gasteiger partial charge in [-0.05, 0) is 52.6 Å². The van der Waals surface area contributed by atoms with E-state index in [1.54, 1.807) is 0 Å². The van der Waals surface area contributed by atoms with Crippen LogP contribution in [0.5, 0.6) is 0 Å². The van der Waals surface area contributed by atoms with Crippen molar-refractivity contribution in [2.75, 3.05) is 0 Å². The predicted octanol–water partition coefficient (Wildman–Crippen LogP) is 9.96. The van der Waals surface area contributed by atoms with Gasteiger partial charge in [0.2, 0.25) is 0 Å². The van der Waals surface area contributed by atoms with Gasteiger partial charge in [-0.25, -0.2) is 4.99 Å². The van der Waals surface area contributed by atoms with Crippen LogP contribution in [0.3, 0.4) is 0 Å². The second-order valence-corrected chi connectivity index (χ2v) is 12.0. The number of para-hydroxylation sites is 2. The fraction of sp³-hybridized carbons (Fsp3) is 0.0256. The molecular weight excluding hydrogens is 557 g/mol. The number of aromatic nitrogens is 1. The predicted molar refractivity (Wildman–Crippen MR) is 185 cm³/mol. The van der Waals surface area contributed by atoms with Crippen LogP contribution in [0.15, 0.2) is 138 Å². The summed E-state index contributed by atoms with van der Waals surface area (Å²) in [6.45, 7) is 0. The Kier molecular flexibility index (Phi) is 6.31. The van der Waals surface area contributed by atoms with Crippen molar-refractivity contribution in [1.29, 1.82) is 5.26 Å². The van der Waals surface area contributed by atoms with Gasteiger partial charge in [0.15, 0.2) is 0 Å². The molecule has 0 bridgehead atoms. The van der Waals surface area contributed by atoms with Gasteiger partial charge >= 0.3 is 0 Å². The molecule has 1 atom stereocenters. The van der Waals surface area contributed by atoms with E-state index in [2.05, 4.69) is 102 Å². The van der Waals surface area contributed by atoms with E-state index in [0.29, 0.717) is 5.56 Å². The quantitative estimate of drug-likeness (QED) is 0.162. The number of rotatable bonds is 5. The molecule has 4 nitrogen and oxygen atoms in total. The summed E-state index contributed by atoms with van der Waals surface area (Å²) in [5, 5.41) is 14.1. The molecule has 0 saturated carbocycles. The van der Waals surface area contributed by atoms with Crippen molar-refractivity contribution in [3.63, 3.8) is 0 Å². The second kappa shape index (κ2) is 10.6. The Labute approximate surface area is 258 Å². The van der Waals surface area contributed by atoms with Crippen molar-refractivity contribution in [3.05, 3.63) is 150 Å². The minimum Gasteiger partial charge on any atom is -0.320 e. The van der Waals surface area contributed by atoms with Gasteiger partial charge < -0.3 is 5.73 Å². The molecule has 0 saturated heterocycles. The zero-order chi connectivity index (χ0) is 29.6. The van der Waals surface area contributed by atoms with Crippen molar-refractivity contribution in [2.45, 2.75) is 6.04 Å². The van der Waals surface area contributed by atoms with Gasteiger partial charge in [-0.3, -0.25) is 4.57 Å². The summed E-state index contributed by atoms with van der Waals surface area (Å²) in [5.41, 5.74) is 14.8. The molecule has 8 rings (SSSR count). The Morgan fingerprint density at radius 3 is 2.14 bits per heavy atom. The molecule has 8 aromatic rings. The average Bonchev–Trinajstić information content (AvgIpc) is 3.63. The van der Waals surface area contributed by atoms with Crippen LogP contribution < -0.4 is 5.73 Å². The van der Waals surface area contributed by atoms with Gasteiger partial charge in [-0.2, -0.15) is 5.26 Å². The molecule has 0 aliphatic heterocycles. The molecule has 208 valence electrons. The van der Waals surface area contributed by atoms with E-state index in [-0.39, 0.29) is 6.04 Å². The van der Waals surface area contributed by atoms with Crippen molar-refractivity contribution >= 4 is 65.3 Å². The van der Waals surface area contributed by atoms with E-state index < -0.39 is 0 Å². The van der Waals surface area contributed by atoms with Crippen molar-refractivity contribution in [2.24, 2.45) is 10.7 Å². The molecule has 0 aliphatic rings. The first-order valence-corrected chi connectivity index (χ1v) is 15.3. The van der Waals surface area contributed by atoms with Gasteiger partial charge in [-0.15, -0.1) is 11.3 Å². The topological polar surface area (TPSA) is 67.1 Å². The lowest BCUT2D eigenvalue weighted by Crippen LogP contribution is -2.12. The highest BCUT2D eigenvalue weighted by atomic mass is 32.1. The number of nitrogens with two attached hydrogens (primary N) is 1. The van der Waals surface area contributed by atoms with Crippen LogP contribution >= 0.6 is 11.3 Å². The van der Waals surface area contributed by atoms with Crippen LogP contribution in [-0.4, -0.2) is 10.9 Å². The SMILES string of the molecule is N#Cc1ccc(-c2ccc(C(N)c3ccccc3N=Cn3c4ccccc4c4ccc5c6ccccc6sc5c43)cc2)cc1. The number of hydrogen-bond donors (Lipinski definition) is 1. The van der Waals surface area contributed by atoms with E-state index in [1.807, 2.05) is 60.1 Å². The van der Waals surface area contributed by atoms with E-state index in [0.717, 1.165) is 33.5 Å². The van der Waals surface area contributed by atoms with Gasteiger partial charge in [0, 0.05) is 26.2 Å². The summed E-state index contributed by atoms with van der Waals surface area (Å²) < 4.78 is 4.78. The molecule has 5 heteroatoms. The van der Waals surface area contributed by atoms with Crippen LogP contribution in [0, 0.1) is 11.3 Å². The van der Waals surface area contributed by atoms with Gasteiger partial charge in [-0.1, -0.05) is 103 Å². The largest absolute Gasteiger partial charge is 0.320 e. The lowest BCUT2D eigenvalue weighted by atomic mass is 9.95. The van der Waals surface area contributed by atoms with Crippen molar-refractivity contribution in [1.82, 2.24) is 4.57 Å². The van der Waals surface area contributed by atoms with Crippen LogP contribution in [0.2, 0.25) is 0 Å². The highest BCUT2D eigenvalue weighted by molar-refractivity contribution is 7.26. The van der Waals surface area contributed by atoms with Gasteiger partial charge in [0.1, 0.15) is 6.34 Å². The van der Waals surface area contributed by atoms with E-state index in [1.165, 1.54) is 36.5 Å². The van der Waals surface area contributed by atoms with Crippen LogP contribution in [-0.2, 0) is 0 Å². The molecule has 0 fully saturated rings. The maximum atomic E-state index is 9.11. The maximum absolute atomic E-state index is 9.11. The molecule has 0 aliphatic carbocycles. The summed E-state index contributed by atoms with van der Waals surface area (Å²) in [6.07, 6.45) is 1.95. The van der Waals surface area contributed by atoms with Crippen molar-refractivity contribution < 1.29 is 0 Å². The third-order valence-corrected chi connectivity index (χ3v) is 9.61. The molecule has 2 N–H and O–H groups in total. The Balaban J connectivity index is 1.20. The third kappa shape index (κ3) is 4.28. The molecule has 0 radical (unpaired) electrons. The maximum Gasteiger partial charge on any atom is 0.100 e. The lowest BCUT2D eigenvalue weighted by molar-refractivity contribution is 0.872. The highest BCUT2D eigenvalue weighted by Crippen LogP contribution is 2.41. The summed E-state index contributed by atoms with van der Waals surface area (Å²) in [5.74, 6) is 0. The number of nitriles is 1. The fourth-order valence-corrected chi connectivity index (χ4v) is 7.42. The molecule has 1 unspecified atom stereocenters. The minimum atomic E-state index is -0.342. The molecular formula is C39H26N4S. The zero-order valence-electron chi connectivity index (χ0n) is 23.7. The standard InChI is InChI=1S/C39H26N4S/c40-23-25-13-15-26(16-14-25)27-17-19-28(20-18-27)37(41)33-9-1-4-10-34(33)42-24-43-35-11-5-2-7-29(35)31-21-22-32-30-8-3-6-12-36(30)44-39(32)38(31)43/h1-22,24,37H,41H2. The number of thiophene rings is 1. The van der Waals surface area contributed by atoms with Crippen LogP contribution in [0.25, 0.3) is 53.1 Å². The number of benzene rings is 6. The second-order valence-electron chi connectivity index (χ2n) is 10.9. The van der Waals surface area contributed by atoms with E-state index in [9.17, 15) is 0 Å². The van der Waals surface area contributed by atoms with Crippen molar-refractivity contribution in [3.8, 4) is 17.2 Å². The summed E-state index contributed by atoms with van der Waals surface area (Å²) in [4.78, 5) is 5.07. The first-order valence-electron chi connectivity index (χ1n) is 14.5. The lowest BCUT2D eigenvalue weighted by Gasteiger charge is -2.15. The van der Waals surface area contributed by atoms with E-state index >= 15 is 0 Å². The Morgan fingerprint density at radius 2 is 1.34 bits per heavy atom. The first-order chi connectivity index (χ1) is 21.7. The molecule has 0 amide bonds. The van der Waals surface area contributed by atoms with E-state index in [4.69, 9.17) is 16.0 Å². The Morgan fingerprint density at radius 1 is 0.682 bits per heavy atom. The zero-order valence-corrected chi connectivity index (χ0v) is 24.5. The number of fused-ring (bicyclic) bond motifs is 7. The number of aliphatic imine (C=N–C) groups is 1. The minimum absolute atomic E-state index is 0.342. The molecule has 6 aromatic carbocycles. The first kappa shape index (κ1) is 26.1. The Hall–Kier alpha value is -5.54. The molecule has 44 heavy (non-hydrogen) atoms. The average molecular weight is 583 g/mol. The molecule has 2 aromatic heterocycles. The highest BCUT2D eigenvalue weighted by Gasteiger charge is 2.17. The third-order valence-electron chi connectivity index (χ3n) is 8.42. The van der Waals surface area contributed by atoms with Gasteiger partial charge in [0.25, 0.3) is 0 Å². The monoisotopic (exact) mass is 582 g/mol. The van der Waals surface area contributed by atoms with Crippen LogP contribution in [0.1, 0.15) is 22.7 Å². The summed E-state index contributed by atoms with van der Waals surface area (Å²) >= 11 is 1.83. The number of hydrogen-bond acceptors (Lipinski definition) is 4. The summed E-state index contributed by atoms with van der Waals surface area (Å²) in [6, 6.07) is 47.5. The number of nitrogens with zero attached hydrogens (tertiary/aromatic N) is 3. The fourth-order valence-electron chi connectivity index (χ4n) is 6.17. The van der Waals surface area contributed by atoms with Crippen LogP contribution in [0.4, 0.5) is 5.69 Å². The normalized spacial score (nSPS) is 12.5. The Bertz CT molecular complexity index is 2410.